The molecule has 0 unspecified atom stereocenters. The molecule has 0 bridgehead atoms. The van der Waals surface area contributed by atoms with Crippen LogP contribution in [-0.4, -0.2) is 49.0 Å². The zero-order chi connectivity index (χ0) is 19.5. The van der Waals surface area contributed by atoms with E-state index in [-0.39, 0.29) is 35.9 Å². The number of esters is 1. The van der Waals surface area contributed by atoms with Gasteiger partial charge in [0.15, 0.2) is 5.75 Å². The molecule has 1 aromatic rings. The summed E-state index contributed by atoms with van der Waals surface area (Å²) in [6, 6.07) is 4.10. The van der Waals surface area contributed by atoms with Crippen LogP contribution in [-0.2, 0) is 9.53 Å². The van der Waals surface area contributed by atoms with Crippen molar-refractivity contribution >= 4 is 17.6 Å². The van der Waals surface area contributed by atoms with Crippen molar-refractivity contribution in [3.8, 4) is 5.75 Å². The average Bonchev–Trinajstić information content (AvgIpc) is 2.65. The van der Waals surface area contributed by atoms with Crippen molar-refractivity contribution < 1.29 is 24.0 Å². The Hall–Kier alpha value is -2.64. The highest BCUT2D eigenvalue weighted by Gasteiger charge is 2.22. The van der Waals surface area contributed by atoms with Crippen molar-refractivity contribution in [1.29, 1.82) is 0 Å². The van der Waals surface area contributed by atoms with Gasteiger partial charge in [-0.15, -0.1) is 0 Å². The second-order valence-electron chi connectivity index (χ2n) is 5.82. The molecule has 1 aromatic carbocycles. The highest BCUT2D eigenvalue weighted by Crippen LogP contribution is 2.28. The van der Waals surface area contributed by atoms with E-state index in [0.717, 1.165) is 25.7 Å². The highest BCUT2D eigenvalue weighted by atomic mass is 16.6. The summed E-state index contributed by atoms with van der Waals surface area (Å²) < 4.78 is 9.59. The molecule has 0 aliphatic rings. The first-order valence-corrected chi connectivity index (χ1v) is 8.63. The number of amides is 1. The predicted octanol–water partition coefficient (Wildman–Crippen LogP) is 3.19. The van der Waals surface area contributed by atoms with E-state index in [2.05, 4.69) is 11.7 Å². The van der Waals surface area contributed by atoms with Gasteiger partial charge in [-0.05, 0) is 18.6 Å². The summed E-state index contributed by atoms with van der Waals surface area (Å²) in [5, 5.41) is 11.2. The van der Waals surface area contributed by atoms with Gasteiger partial charge in [0.05, 0.1) is 25.6 Å². The minimum atomic E-state index is -0.588. The number of hydrogen-bond acceptors (Lipinski definition) is 6. The summed E-state index contributed by atoms with van der Waals surface area (Å²) in [5.41, 5.74) is -0.0740. The molecular formula is C18H26N2O6. The van der Waals surface area contributed by atoms with Crippen LogP contribution in [0.25, 0.3) is 0 Å². The van der Waals surface area contributed by atoms with Gasteiger partial charge in [0.25, 0.3) is 5.91 Å². The van der Waals surface area contributed by atoms with E-state index in [0.29, 0.717) is 6.54 Å². The van der Waals surface area contributed by atoms with Gasteiger partial charge in [0, 0.05) is 24.7 Å². The molecule has 0 spiro atoms. The summed E-state index contributed by atoms with van der Waals surface area (Å²) in [7, 11) is 2.63. The number of carbonyl (C=O) groups is 2. The number of benzene rings is 1. The first kappa shape index (κ1) is 21.4. The number of hydrogen-bond donors (Lipinski definition) is 0. The molecule has 0 saturated heterocycles. The van der Waals surface area contributed by atoms with Crippen molar-refractivity contribution in [3.63, 3.8) is 0 Å². The normalized spacial score (nSPS) is 10.3. The third kappa shape index (κ3) is 6.34. The third-order valence-corrected chi connectivity index (χ3v) is 4.00. The van der Waals surface area contributed by atoms with E-state index in [4.69, 9.17) is 4.74 Å². The molecule has 0 aliphatic heterocycles. The van der Waals surface area contributed by atoms with Gasteiger partial charge >= 0.3 is 11.7 Å². The van der Waals surface area contributed by atoms with Gasteiger partial charge in [0.1, 0.15) is 0 Å². The number of nitro benzene ring substituents is 1. The third-order valence-electron chi connectivity index (χ3n) is 4.00. The van der Waals surface area contributed by atoms with Crippen molar-refractivity contribution in [2.45, 2.75) is 39.0 Å². The first-order valence-electron chi connectivity index (χ1n) is 8.63. The molecule has 1 amide bonds. The van der Waals surface area contributed by atoms with Crippen LogP contribution in [0.4, 0.5) is 5.69 Å². The number of methoxy groups -OCH3 is 2. The van der Waals surface area contributed by atoms with Crippen LogP contribution in [0, 0.1) is 10.1 Å². The van der Waals surface area contributed by atoms with Gasteiger partial charge in [-0.2, -0.15) is 0 Å². The Morgan fingerprint density at radius 3 is 2.46 bits per heavy atom. The fourth-order valence-electron chi connectivity index (χ4n) is 2.52. The summed E-state index contributed by atoms with van der Waals surface area (Å²) in [6.07, 6.45) is 3.99. The van der Waals surface area contributed by atoms with Crippen LogP contribution < -0.4 is 4.74 Å². The molecule has 0 radical (unpaired) electrons. The number of rotatable bonds is 11. The van der Waals surface area contributed by atoms with Crippen LogP contribution in [0.3, 0.4) is 0 Å². The molecule has 0 aliphatic carbocycles. The maximum absolute atomic E-state index is 12.8. The summed E-state index contributed by atoms with van der Waals surface area (Å²) in [5.74, 6) is -0.663. The Balaban J connectivity index is 2.96. The van der Waals surface area contributed by atoms with E-state index < -0.39 is 10.9 Å². The SMILES string of the molecule is CCCCCCN(CCC(=O)OC)C(=O)c1ccc(OC)c([N+](=O)[O-])c1. The molecule has 0 saturated carbocycles. The topological polar surface area (TPSA) is 99.0 Å². The zero-order valence-electron chi connectivity index (χ0n) is 15.5. The molecule has 0 atom stereocenters. The van der Waals surface area contributed by atoms with E-state index >= 15 is 0 Å². The lowest BCUT2D eigenvalue weighted by molar-refractivity contribution is -0.385. The predicted molar refractivity (Wildman–Crippen MR) is 96.3 cm³/mol. The number of nitro groups is 1. The second-order valence-corrected chi connectivity index (χ2v) is 5.82. The van der Waals surface area contributed by atoms with E-state index in [9.17, 15) is 19.7 Å². The van der Waals surface area contributed by atoms with Crippen LogP contribution in [0.2, 0.25) is 0 Å². The molecule has 0 heterocycles. The molecule has 0 fully saturated rings. The van der Waals surface area contributed by atoms with Crippen LogP contribution >= 0.6 is 0 Å². The molecule has 144 valence electrons. The van der Waals surface area contributed by atoms with Crippen LogP contribution in [0.1, 0.15) is 49.4 Å². The van der Waals surface area contributed by atoms with Crippen molar-refractivity contribution in [1.82, 2.24) is 4.90 Å². The largest absolute Gasteiger partial charge is 0.490 e. The van der Waals surface area contributed by atoms with E-state index in [1.165, 1.54) is 37.3 Å². The quantitative estimate of drug-likeness (QED) is 0.258. The summed E-state index contributed by atoms with van der Waals surface area (Å²) >= 11 is 0. The number of unbranched alkanes of at least 4 members (excludes halogenated alkanes) is 3. The van der Waals surface area contributed by atoms with E-state index in [1.54, 1.807) is 0 Å². The van der Waals surface area contributed by atoms with Gasteiger partial charge < -0.3 is 14.4 Å². The lowest BCUT2D eigenvalue weighted by atomic mass is 10.1. The maximum Gasteiger partial charge on any atom is 0.311 e. The number of carbonyl (C=O) groups excluding carboxylic acids is 2. The first-order chi connectivity index (χ1) is 12.4. The van der Waals surface area contributed by atoms with Gasteiger partial charge in [-0.3, -0.25) is 19.7 Å². The van der Waals surface area contributed by atoms with Gasteiger partial charge in [0.2, 0.25) is 0 Å². The Labute approximate surface area is 153 Å². The number of nitrogens with zero attached hydrogens (tertiary/aromatic N) is 2. The van der Waals surface area contributed by atoms with Crippen molar-refractivity contribution in [2.75, 3.05) is 27.3 Å². The molecular weight excluding hydrogens is 340 g/mol. The van der Waals surface area contributed by atoms with Crippen molar-refractivity contribution in [3.05, 3.63) is 33.9 Å². The lowest BCUT2D eigenvalue weighted by Gasteiger charge is -2.22. The summed E-state index contributed by atoms with van der Waals surface area (Å²) in [6.45, 7) is 2.78. The average molecular weight is 366 g/mol. The number of ether oxygens (including phenoxy) is 2. The smallest absolute Gasteiger partial charge is 0.311 e. The van der Waals surface area contributed by atoms with Crippen LogP contribution in [0.5, 0.6) is 5.75 Å². The zero-order valence-corrected chi connectivity index (χ0v) is 15.5. The fraction of sp³-hybridized carbons (Fsp3) is 0.556. The van der Waals surface area contributed by atoms with Crippen molar-refractivity contribution in [2.24, 2.45) is 0 Å². The van der Waals surface area contributed by atoms with E-state index in [1.807, 2.05) is 0 Å². The standard InChI is InChI=1S/C18H26N2O6/c1-4-5-6-7-11-19(12-10-17(21)26-3)18(22)14-8-9-16(25-2)15(13-14)20(23)24/h8-9,13H,4-7,10-12H2,1-3H3. The second kappa shape index (κ2) is 11.1. The Bertz CT molecular complexity index is 632. The molecule has 1 rings (SSSR count). The Morgan fingerprint density at radius 2 is 1.88 bits per heavy atom. The van der Waals surface area contributed by atoms with Crippen LogP contribution in [0.15, 0.2) is 18.2 Å². The molecule has 0 N–H and O–H groups in total. The Kier molecular flexibility index (Phi) is 9.11. The molecule has 0 aromatic heterocycles. The monoisotopic (exact) mass is 366 g/mol. The molecule has 8 nitrogen and oxygen atoms in total. The Morgan fingerprint density at radius 1 is 1.15 bits per heavy atom. The highest BCUT2D eigenvalue weighted by molar-refractivity contribution is 5.95. The minimum Gasteiger partial charge on any atom is -0.490 e. The summed E-state index contributed by atoms with van der Waals surface area (Å²) in [4.78, 5) is 36.3. The fourth-order valence-corrected chi connectivity index (χ4v) is 2.52. The lowest BCUT2D eigenvalue weighted by Crippen LogP contribution is -2.34. The van der Waals surface area contributed by atoms with Gasteiger partial charge in [-0.1, -0.05) is 26.2 Å². The van der Waals surface area contributed by atoms with Gasteiger partial charge in [-0.25, -0.2) is 0 Å². The minimum absolute atomic E-state index is 0.0776. The molecule has 8 heteroatoms. The maximum atomic E-state index is 12.8. The molecule has 26 heavy (non-hydrogen) atoms.